The summed E-state index contributed by atoms with van der Waals surface area (Å²) in [5.41, 5.74) is 19.6. The molecule has 6 nitrogen and oxygen atoms in total. The van der Waals surface area contributed by atoms with E-state index in [0.29, 0.717) is 0 Å². The lowest BCUT2D eigenvalue weighted by molar-refractivity contribution is 0.567. The first-order valence-corrected chi connectivity index (χ1v) is 27.5. The summed E-state index contributed by atoms with van der Waals surface area (Å²) in [6, 6.07) is 30.2. The van der Waals surface area contributed by atoms with Gasteiger partial charge in [0.05, 0.1) is 22.7 Å². The fourth-order valence-electron chi connectivity index (χ4n) is 9.67. The quantitative estimate of drug-likeness (QED) is 0.175. The molecule has 0 aliphatic rings. The molecule has 0 N–H and O–H groups in total. The third kappa shape index (κ3) is 10.5. The summed E-state index contributed by atoms with van der Waals surface area (Å²) in [7, 11) is -3.47. The number of fused-ring (bicyclic) bond motifs is 6. The maximum Gasteiger partial charge on any atom is 0.253 e. The number of nitrogens with zero attached hydrogens (tertiary/aromatic N) is 2. The highest BCUT2D eigenvalue weighted by molar-refractivity contribution is 7.46. The van der Waals surface area contributed by atoms with Crippen molar-refractivity contribution in [3.05, 3.63) is 140 Å². The Labute approximate surface area is 432 Å². The van der Waals surface area contributed by atoms with E-state index in [1.54, 1.807) is 12.1 Å². The summed E-state index contributed by atoms with van der Waals surface area (Å²) in [4.78, 5) is 0. The molecule has 378 valence electrons. The van der Waals surface area contributed by atoms with Crippen molar-refractivity contribution in [2.24, 2.45) is 0 Å². The predicted octanol–water partition coefficient (Wildman–Crippen LogP) is 21.3. The maximum absolute atomic E-state index is 7.58. The number of hydrogen-bond donors (Lipinski definition) is 0. The van der Waals surface area contributed by atoms with Crippen LogP contribution < -0.4 is 0 Å². The summed E-state index contributed by atoms with van der Waals surface area (Å²) < 4.78 is 30.3. The number of hydrogen-bond acceptors (Lipinski definition) is 6. The molecule has 72 heavy (non-hydrogen) atoms. The second kappa shape index (κ2) is 20.5. The van der Waals surface area contributed by atoms with Crippen LogP contribution in [0.4, 0.5) is 0 Å². The first-order valence-electron chi connectivity index (χ1n) is 25.2. The van der Waals surface area contributed by atoms with E-state index in [1.165, 1.54) is 80.6 Å². The van der Waals surface area contributed by atoms with Gasteiger partial charge in [-0.15, -0.1) is 0 Å². The molecule has 8 heteroatoms. The molecule has 2 heterocycles. The second-order valence-electron chi connectivity index (χ2n) is 23.6. The molecule has 0 spiro atoms. The van der Waals surface area contributed by atoms with Gasteiger partial charge >= 0.3 is 0 Å². The molecule has 8 rings (SSSR count). The van der Waals surface area contributed by atoms with Crippen LogP contribution in [0.3, 0.4) is 0 Å². The van der Waals surface area contributed by atoms with Crippen molar-refractivity contribution >= 4 is 59.9 Å². The molecule has 0 aliphatic carbocycles. The fraction of sp³-hybridized carbons (Fsp3) is 0.406. The first kappa shape index (κ1) is 55.4. The second-order valence-corrected chi connectivity index (χ2v) is 26.4. The fourth-order valence-corrected chi connectivity index (χ4v) is 12.8. The summed E-state index contributed by atoms with van der Waals surface area (Å²) in [6.07, 6.45) is 0. The van der Waals surface area contributed by atoms with Crippen LogP contribution in [0.2, 0.25) is 0 Å². The summed E-state index contributed by atoms with van der Waals surface area (Å²) >= 11 is 0. The van der Waals surface area contributed by atoms with E-state index in [-0.39, 0.29) is 21.7 Å². The SMILES string of the molecule is CC#N.CC#N.Cc1cc(C(C)(C)C)c2op(-c3ccccc3-c3ccccc3-p3oc4c(C(C)(C)C)cc(C)c(C)c4c4c(C)c(C)cc(C(C)(C)C)c4o3)oc3c(C(C)(C)C)cc(C)c(C)c3c2c1C. The first-order chi connectivity index (χ1) is 33.4. The lowest BCUT2D eigenvalue weighted by atomic mass is 9.81. The normalized spacial score (nSPS) is 12.0. The highest BCUT2D eigenvalue weighted by Gasteiger charge is 2.31. The number of rotatable bonds is 3. The van der Waals surface area contributed by atoms with Crippen LogP contribution in [0.15, 0.2) is 89.6 Å². The van der Waals surface area contributed by atoms with Gasteiger partial charge in [0.15, 0.2) is 0 Å². The molecule has 2 aromatic heterocycles. The number of nitriles is 2. The molecule has 0 saturated heterocycles. The van der Waals surface area contributed by atoms with Crippen molar-refractivity contribution in [3.8, 4) is 33.9 Å². The van der Waals surface area contributed by atoms with E-state index in [4.69, 9.17) is 27.3 Å². The van der Waals surface area contributed by atoms with Gasteiger partial charge in [-0.25, -0.2) is 0 Å². The zero-order valence-corrected chi connectivity index (χ0v) is 49.1. The molecular formula is C64H78N2O4P2. The smallest absolute Gasteiger partial charge is 0.253 e. The molecule has 0 saturated carbocycles. The van der Waals surface area contributed by atoms with Crippen LogP contribution in [0, 0.1) is 78.1 Å². The van der Waals surface area contributed by atoms with Crippen molar-refractivity contribution in [1.82, 2.24) is 0 Å². The molecule has 0 amide bonds. The number of aryl methyl sites for hydroxylation is 8. The van der Waals surface area contributed by atoms with Crippen molar-refractivity contribution in [2.45, 2.75) is 174 Å². The van der Waals surface area contributed by atoms with Crippen LogP contribution in [0.1, 0.15) is 164 Å². The highest BCUT2D eigenvalue weighted by Crippen LogP contribution is 2.56. The predicted molar refractivity (Wildman–Crippen MR) is 310 cm³/mol. The molecule has 6 aromatic carbocycles. The topological polar surface area (TPSA) is 100 Å². The minimum absolute atomic E-state index is 0.195. The van der Waals surface area contributed by atoms with Crippen molar-refractivity contribution in [3.63, 3.8) is 0 Å². The largest absolute Gasteiger partial charge is 0.415 e. The minimum atomic E-state index is -1.73. The molecule has 0 fully saturated rings. The van der Waals surface area contributed by atoms with Crippen molar-refractivity contribution in [1.29, 1.82) is 10.5 Å². The van der Waals surface area contributed by atoms with Gasteiger partial charge in [0.2, 0.25) is 0 Å². The van der Waals surface area contributed by atoms with Crippen LogP contribution in [-0.2, 0) is 21.7 Å². The van der Waals surface area contributed by atoms with Crippen LogP contribution in [0.5, 0.6) is 0 Å². The number of benzene rings is 6. The zero-order valence-electron chi connectivity index (χ0n) is 47.4. The van der Waals surface area contributed by atoms with E-state index < -0.39 is 16.0 Å². The van der Waals surface area contributed by atoms with E-state index in [0.717, 1.165) is 65.6 Å². The Morgan fingerprint density at radius 3 is 0.750 bits per heavy atom. The van der Waals surface area contributed by atoms with Gasteiger partial charge < -0.3 is 16.8 Å². The van der Waals surface area contributed by atoms with Gasteiger partial charge in [-0.3, -0.25) is 0 Å². The molecule has 0 unspecified atom stereocenters. The zero-order chi connectivity index (χ0) is 53.7. The van der Waals surface area contributed by atoms with Crippen LogP contribution in [0.25, 0.3) is 65.6 Å². The molecule has 8 aromatic rings. The van der Waals surface area contributed by atoms with Gasteiger partial charge in [-0.1, -0.05) is 144 Å². The lowest BCUT2D eigenvalue weighted by Crippen LogP contribution is -2.13. The summed E-state index contributed by atoms with van der Waals surface area (Å²) in [5, 5.41) is 21.2. The third-order valence-electron chi connectivity index (χ3n) is 14.1. The van der Waals surface area contributed by atoms with Gasteiger partial charge in [0, 0.05) is 68.8 Å². The molecular weight excluding hydrogens is 923 g/mol. The minimum Gasteiger partial charge on any atom is -0.415 e. The van der Waals surface area contributed by atoms with Gasteiger partial charge in [0.1, 0.15) is 22.3 Å². The van der Waals surface area contributed by atoms with Crippen LogP contribution >= 0.6 is 16.0 Å². The Bertz CT molecular complexity index is 3170. The maximum atomic E-state index is 7.58. The van der Waals surface area contributed by atoms with E-state index >= 15 is 0 Å². The Morgan fingerprint density at radius 1 is 0.361 bits per heavy atom. The van der Waals surface area contributed by atoms with Gasteiger partial charge in [-0.2, -0.15) is 10.5 Å². The van der Waals surface area contributed by atoms with Gasteiger partial charge in [-0.05, 0) is 134 Å². The average molecular weight is 1000 g/mol. The Balaban J connectivity index is 0.00000134. The molecule has 0 aliphatic heterocycles. The monoisotopic (exact) mass is 1000 g/mol. The van der Waals surface area contributed by atoms with Crippen molar-refractivity contribution in [2.75, 3.05) is 0 Å². The van der Waals surface area contributed by atoms with E-state index in [1.807, 2.05) is 0 Å². The van der Waals surface area contributed by atoms with Crippen molar-refractivity contribution < 1.29 is 16.8 Å². The molecule has 0 bridgehead atoms. The molecule has 0 atom stereocenters. The Hall–Kier alpha value is -5.90. The van der Waals surface area contributed by atoms with E-state index in [9.17, 15) is 0 Å². The van der Waals surface area contributed by atoms with Crippen LogP contribution in [-0.4, -0.2) is 0 Å². The standard InChI is InChI=1S/C60H72O4P2.2C2H3N/c1-33-29-43(57(9,10)11)53-49(37(33)5)50-38(6)34(2)30-44(58(12,13)14)54(50)62-65(61-53)47-27-23-21-25-41(47)42-26-22-24-28-48(42)66-63-55-45(59(15,16)17)31-35(3)39(7)51(55)52-40(8)36(4)32-46(56(52)64-66)60(18,19)20;2*1-2-3/h21-32H,1-20H3;2*1H3. The molecule has 0 radical (unpaired) electrons. The third-order valence-corrected chi connectivity index (χ3v) is 17.1. The summed E-state index contributed by atoms with van der Waals surface area (Å²) in [5.74, 6) is 0. The average Bonchev–Trinajstić information content (AvgIpc) is 3.57. The van der Waals surface area contributed by atoms with Gasteiger partial charge in [0.25, 0.3) is 16.0 Å². The lowest BCUT2D eigenvalue weighted by Gasteiger charge is -2.23. The van der Waals surface area contributed by atoms with E-state index in [2.05, 4.69) is 211 Å². The highest BCUT2D eigenvalue weighted by atomic mass is 31.1. The Morgan fingerprint density at radius 2 is 0.556 bits per heavy atom. The summed E-state index contributed by atoms with van der Waals surface area (Å²) in [6.45, 7) is 48.2. The Kier molecular flexibility index (Phi) is 15.8.